The number of aromatic nitrogens is 1. The van der Waals surface area contributed by atoms with E-state index in [1.165, 1.54) is 0 Å². The van der Waals surface area contributed by atoms with E-state index in [-0.39, 0.29) is 5.91 Å². The number of nitrogens with zero attached hydrogens (tertiary/aromatic N) is 2. The Hall–Kier alpha value is -2.63. The van der Waals surface area contributed by atoms with Gasteiger partial charge in [0.15, 0.2) is 0 Å². The summed E-state index contributed by atoms with van der Waals surface area (Å²) >= 11 is 6.34. The molecule has 0 radical (unpaired) electrons. The molecule has 1 saturated heterocycles. The van der Waals surface area contributed by atoms with Gasteiger partial charge in [-0.3, -0.25) is 4.79 Å². The quantitative estimate of drug-likeness (QED) is 0.660. The fourth-order valence-corrected chi connectivity index (χ4v) is 4.53. The van der Waals surface area contributed by atoms with E-state index in [1.807, 2.05) is 54.6 Å². The van der Waals surface area contributed by atoms with Gasteiger partial charge in [0.25, 0.3) is 5.91 Å². The SMILES string of the molecule is O=C(NC1CC1)c1cc(N2CCC(O)(c3ccccc3Cl)CC2)nc2ccccc12. The zero-order valence-corrected chi connectivity index (χ0v) is 17.4. The summed E-state index contributed by atoms with van der Waals surface area (Å²) in [6.45, 7) is 1.27. The molecule has 0 spiro atoms. The Morgan fingerprint density at radius 1 is 1.10 bits per heavy atom. The Bertz CT molecular complexity index is 1100. The maximum absolute atomic E-state index is 12.9. The Labute approximate surface area is 180 Å². The van der Waals surface area contributed by atoms with Crippen LogP contribution in [0.1, 0.15) is 41.6 Å². The summed E-state index contributed by atoms with van der Waals surface area (Å²) in [7, 11) is 0. The molecule has 1 aliphatic heterocycles. The highest BCUT2D eigenvalue weighted by Gasteiger charge is 2.36. The van der Waals surface area contributed by atoms with E-state index in [0.29, 0.717) is 42.6 Å². The lowest BCUT2D eigenvalue weighted by Crippen LogP contribution is -2.43. The molecule has 0 atom stereocenters. The van der Waals surface area contributed by atoms with Crippen LogP contribution in [0.2, 0.25) is 5.02 Å². The monoisotopic (exact) mass is 421 g/mol. The van der Waals surface area contributed by atoms with Crippen LogP contribution in [0.15, 0.2) is 54.6 Å². The number of carbonyl (C=O) groups is 1. The Kier molecular flexibility index (Phi) is 4.88. The standard InChI is InChI=1S/C24H24ClN3O2/c25-20-7-3-2-6-19(20)24(30)11-13-28(14-12-24)22-15-18(23(29)26-16-9-10-16)17-5-1-4-8-21(17)27-22/h1-8,15-16,30H,9-14H2,(H,26,29). The molecule has 1 aliphatic carbocycles. The number of anilines is 1. The van der Waals surface area contributed by atoms with Crippen molar-refractivity contribution in [1.82, 2.24) is 10.3 Å². The molecule has 5 nitrogen and oxygen atoms in total. The predicted molar refractivity (Wildman–Crippen MR) is 119 cm³/mol. The Balaban J connectivity index is 1.43. The lowest BCUT2D eigenvalue weighted by atomic mass is 9.84. The number of amides is 1. The molecular weight excluding hydrogens is 398 g/mol. The first-order valence-electron chi connectivity index (χ1n) is 10.5. The second kappa shape index (κ2) is 7.56. The molecule has 3 aromatic rings. The molecule has 2 N–H and O–H groups in total. The second-order valence-corrected chi connectivity index (χ2v) is 8.70. The molecule has 6 heteroatoms. The number of nitrogens with one attached hydrogen (secondary N) is 1. The number of piperidine rings is 1. The van der Waals surface area contributed by atoms with Crippen LogP contribution >= 0.6 is 11.6 Å². The Morgan fingerprint density at radius 2 is 1.80 bits per heavy atom. The van der Waals surface area contributed by atoms with E-state index < -0.39 is 5.60 Å². The molecule has 30 heavy (non-hydrogen) atoms. The van der Waals surface area contributed by atoms with Crippen LogP contribution in [0.5, 0.6) is 0 Å². The van der Waals surface area contributed by atoms with Crippen LogP contribution in [0.3, 0.4) is 0 Å². The minimum Gasteiger partial charge on any atom is -0.385 e. The first-order valence-corrected chi connectivity index (χ1v) is 10.8. The summed E-state index contributed by atoms with van der Waals surface area (Å²) in [5.41, 5.74) is 1.30. The molecule has 1 aromatic heterocycles. The van der Waals surface area contributed by atoms with Crippen LogP contribution in [0.4, 0.5) is 5.82 Å². The number of rotatable bonds is 4. The summed E-state index contributed by atoms with van der Waals surface area (Å²) in [6, 6.07) is 17.4. The van der Waals surface area contributed by atoms with Crippen LogP contribution in [0, 0.1) is 0 Å². The molecule has 2 fully saturated rings. The van der Waals surface area contributed by atoms with Crippen molar-refractivity contribution < 1.29 is 9.90 Å². The van der Waals surface area contributed by atoms with E-state index in [4.69, 9.17) is 16.6 Å². The summed E-state index contributed by atoms with van der Waals surface area (Å²) in [6.07, 6.45) is 3.20. The summed E-state index contributed by atoms with van der Waals surface area (Å²) in [4.78, 5) is 19.8. The number of fused-ring (bicyclic) bond motifs is 1. The van der Waals surface area contributed by atoms with Gasteiger partial charge in [0.2, 0.25) is 0 Å². The summed E-state index contributed by atoms with van der Waals surface area (Å²) < 4.78 is 0. The molecular formula is C24H24ClN3O2. The van der Waals surface area contributed by atoms with Crippen LogP contribution in [-0.2, 0) is 5.60 Å². The largest absolute Gasteiger partial charge is 0.385 e. The molecule has 0 unspecified atom stereocenters. The highest BCUT2D eigenvalue weighted by atomic mass is 35.5. The lowest BCUT2D eigenvalue weighted by molar-refractivity contribution is 0.0117. The predicted octanol–water partition coefficient (Wildman–Crippen LogP) is 4.27. The van der Waals surface area contributed by atoms with Gasteiger partial charge in [0.05, 0.1) is 16.7 Å². The number of hydrogen-bond acceptors (Lipinski definition) is 4. The lowest BCUT2D eigenvalue weighted by Gasteiger charge is -2.39. The zero-order chi connectivity index (χ0) is 20.7. The third kappa shape index (κ3) is 3.64. The molecule has 1 saturated carbocycles. The maximum Gasteiger partial charge on any atom is 0.252 e. The summed E-state index contributed by atoms with van der Waals surface area (Å²) in [5.74, 6) is 0.734. The average Bonchev–Trinajstić information content (AvgIpc) is 3.57. The van der Waals surface area contributed by atoms with Crippen molar-refractivity contribution in [2.75, 3.05) is 18.0 Å². The van der Waals surface area contributed by atoms with Gasteiger partial charge in [0, 0.05) is 35.1 Å². The maximum atomic E-state index is 12.9. The average molecular weight is 422 g/mol. The van der Waals surface area contributed by atoms with Gasteiger partial charge < -0.3 is 15.3 Å². The van der Waals surface area contributed by atoms with Crippen LogP contribution < -0.4 is 10.2 Å². The topological polar surface area (TPSA) is 65.5 Å². The normalized spacial score (nSPS) is 18.4. The number of aliphatic hydroxyl groups is 1. The van der Waals surface area contributed by atoms with Gasteiger partial charge in [-0.05, 0) is 43.9 Å². The van der Waals surface area contributed by atoms with Crippen molar-refractivity contribution in [1.29, 1.82) is 0 Å². The van der Waals surface area contributed by atoms with Crippen molar-refractivity contribution in [3.8, 4) is 0 Å². The van der Waals surface area contributed by atoms with E-state index in [1.54, 1.807) is 0 Å². The number of hydrogen-bond donors (Lipinski definition) is 2. The third-order valence-corrected chi connectivity index (χ3v) is 6.48. The van der Waals surface area contributed by atoms with Crippen molar-refractivity contribution in [2.45, 2.75) is 37.3 Å². The van der Waals surface area contributed by atoms with Gasteiger partial charge in [-0.2, -0.15) is 0 Å². The smallest absolute Gasteiger partial charge is 0.252 e. The van der Waals surface area contributed by atoms with Crippen LogP contribution in [0.25, 0.3) is 10.9 Å². The number of benzene rings is 2. The highest BCUT2D eigenvalue weighted by Crippen LogP contribution is 2.38. The third-order valence-electron chi connectivity index (χ3n) is 6.15. The minimum atomic E-state index is -0.947. The Morgan fingerprint density at radius 3 is 2.53 bits per heavy atom. The van der Waals surface area contributed by atoms with Gasteiger partial charge in [-0.1, -0.05) is 48.0 Å². The van der Waals surface area contributed by atoms with E-state index >= 15 is 0 Å². The van der Waals surface area contributed by atoms with Crippen molar-refractivity contribution >= 4 is 34.2 Å². The van der Waals surface area contributed by atoms with E-state index in [2.05, 4.69) is 10.2 Å². The molecule has 2 aromatic carbocycles. The minimum absolute atomic E-state index is 0.0399. The zero-order valence-electron chi connectivity index (χ0n) is 16.6. The molecule has 154 valence electrons. The number of carbonyl (C=O) groups excluding carboxylic acids is 1. The van der Waals surface area contributed by atoms with Crippen LogP contribution in [-0.4, -0.2) is 35.1 Å². The number of pyridine rings is 1. The molecule has 5 rings (SSSR count). The first-order chi connectivity index (χ1) is 14.5. The van der Waals surface area contributed by atoms with Crippen molar-refractivity contribution in [3.05, 3.63) is 70.7 Å². The number of halogens is 1. The van der Waals surface area contributed by atoms with Gasteiger partial charge in [-0.15, -0.1) is 0 Å². The van der Waals surface area contributed by atoms with Gasteiger partial charge in [0.1, 0.15) is 5.82 Å². The van der Waals surface area contributed by atoms with E-state index in [9.17, 15) is 9.90 Å². The molecule has 0 bridgehead atoms. The molecule has 2 aliphatic rings. The van der Waals surface area contributed by atoms with Gasteiger partial charge >= 0.3 is 0 Å². The second-order valence-electron chi connectivity index (χ2n) is 8.29. The summed E-state index contributed by atoms with van der Waals surface area (Å²) in [5, 5.41) is 15.8. The highest BCUT2D eigenvalue weighted by molar-refractivity contribution is 6.31. The first kappa shape index (κ1) is 19.3. The van der Waals surface area contributed by atoms with Crippen molar-refractivity contribution in [2.24, 2.45) is 0 Å². The van der Waals surface area contributed by atoms with Crippen molar-refractivity contribution in [3.63, 3.8) is 0 Å². The van der Waals surface area contributed by atoms with E-state index in [0.717, 1.165) is 35.1 Å². The fraction of sp³-hybridized carbons (Fsp3) is 0.333. The molecule has 1 amide bonds. The fourth-order valence-electron chi connectivity index (χ4n) is 4.22. The number of para-hydroxylation sites is 1. The van der Waals surface area contributed by atoms with Gasteiger partial charge in [-0.25, -0.2) is 4.98 Å². The molecule has 2 heterocycles.